The first kappa shape index (κ1) is 17.0. The normalized spacial score (nSPS) is 11.7. The SMILES string of the molecule is COCOc1cccc(C(=O)C(N=O)c2ccnc(SC)n2)c1. The summed E-state index contributed by atoms with van der Waals surface area (Å²) in [5.74, 6) is 0.0171. The molecule has 1 aromatic heterocycles. The third-order valence-electron chi connectivity index (χ3n) is 2.93. The van der Waals surface area contributed by atoms with Crippen molar-refractivity contribution in [2.45, 2.75) is 11.2 Å². The van der Waals surface area contributed by atoms with E-state index in [0.717, 1.165) is 0 Å². The van der Waals surface area contributed by atoms with Crippen LogP contribution in [0.3, 0.4) is 0 Å². The van der Waals surface area contributed by atoms with Gasteiger partial charge >= 0.3 is 0 Å². The van der Waals surface area contributed by atoms with Crippen molar-refractivity contribution in [2.24, 2.45) is 5.18 Å². The molecular formula is C15H15N3O4S. The van der Waals surface area contributed by atoms with Crippen LogP contribution < -0.4 is 4.74 Å². The largest absolute Gasteiger partial charge is 0.468 e. The van der Waals surface area contributed by atoms with Gasteiger partial charge in [-0.2, -0.15) is 0 Å². The first-order valence-electron chi connectivity index (χ1n) is 6.65. The highest BCUT2D eigenvalue weighted by molar-refractivity contribution is 7.98. The quantitative estimate of drug-likeness (QED) is 0.241. The van der Waals surface area contributed by atoms with Gasteiger partial charge in [0.15, 0.2) is 23.8 Å². The van der Waals surface area contributed by atoms with Crippen molar-refractivity contribution in [3.8, 4) is 5.75 Å². The summed E-state index contributed by atoms with van der Waals surface area (Å²) in [6.07, 6.45) is 3.30. The summed E-state index contributed by atoms with van der Waals surface area (Å²) in [7, 11) is 1.50. The zero-order valence-electron chi connectivity index (χ0n) is 12.6. The van der Waals surface area contributed by atoms with Gasteiger partial charge in [0.2, 0.25) is 0 Å². The van der Waals surface area contributed by atoms with Crippen LogP contribution in [-0.2, 0) is 4.74 Å². The molecule has 1 unspecified atom stereocenters. The van der Waals surface area contributed by atoms with E-state index in [9.17, 15) is 9.70 Å². The number of hydrogen-bond donors (Lipinski definition) is 0. The molecule has 1 heterocycles. The number of carbonyl (C=O) groups excluding carboxylic acids is 1. The molecule has 1 aromatic carbocycles. The van der Waals surface area contributed by atoms with Crippen molar-refractivity contribution in [3.05, 3.63) is 52.7 Å². The van der Waals surface area contributed by atoms with E-state index >= 15 is 0 Å². The second-order valence-corrected chi connectivity index (χ2v) is 5.19. The number of methoxy groups -OCH3 is 1. The van der Waals surface area contributed by atoms with Crippen LogP contribution in [0.4, 0.5) is 0 Å². The molecule has 0 amide bonds. The Morgan fingerprint density at radius 1 is 1.39 bits per heavy atom. The molecule has 0 N–H and O–H groups in total. The van der Waals surface area contributed by atoms with Crippen LogP contribution in [0.25, 0.3) is 0 Å². The summed E-state index contributed by atoms with van der Waals surface area (Å²) in [5.41, 5.74) is 0.583. The molecule has 1 atom stereocenters. The van der Waals surface area contributed by atoms with E-state index < -0.39 is 11.8 Å². The third kappa shape index (κ3) is 4.33. The second kappa shape index (κ2) is 8.35. The van der Waals surface area contributed by atoms with Crippen molar-refractivity contribution in [1.82, 2.24) is 9.97 Å². The molecular weight excluding hydrogens is 318 g/mol. The molecule has 8 heteroatoms. The van der Waals surface area contributed by atoms with Gasteiger partial charge in [-0.05, 0) is 24.5 Å². The molecule has 0 aliphatic carbocycles. The summed E-state index contributed by atoms with van der Waals surface area (Å²) in [6, 6.07) is 6.77. The van der Waals surface area contributed by atoms with Crippen LogP contribution >= 0.6 is 11.8 Å². The topological polar surface area (TPSA) is 90.7 Å². The first-order valence-corrected chi connectivity index (χ1v) is 7.87. The summed E-state index contributed by atoms with van der Waals surface area (Å²) in [4.78, 5) is 31.9. The second-order valence-electron chi connectivity index (χ2n) is 4.42. The van der Waals surface area contributed by atoms with Crippen LogP contribution in [0, 0.1) is 4.91 Å². The maximum Gasteiger partial charge on any atom is 0.197 e. The Labute approximate surface area is 137 Å². The van der Waals surface area contributed by atoms with Gasteiger partial charge in [0, 0.05) is 18.9 Å². The molecule has 0 saturated heterocycles. The van der Waals surface area contributed by atoms with E-state index in [1.807, 2.05) is 0 Å². The standard InChI is InChI=1S/C15H15N3O4S/c1-21-9-22-11-5-3-4-10(8-11)14(19)13(18-20)12-6-7-16-15(17-12)23-2/h3-8,13H,9H2,1-2H3. The van der Waals surface area contributed by atoms with Gasteiger partial charge in [0.05, 0.1) is 5.69 Å². The number of Topliss-reactive ketones (excluding diaryl/α,β-unsaturated/α-hetero) is 1. The molecule has 0 saturated carbocycles. The van der Waals surface area contributed by atoms with E-state index in [0.29, 0.717) is 16.5 Å². The average Bonchev–Trinajstić information content (AvgIpc) is 2.61. The molecule has 0 radical (unpaired) electrons. The highest BCUT2D eigenvalue weighted by Gasteiger charge is 2.25. The van der Waals surface area contributed by atoms with E-state index in [1.165, 1.54) is 37.2 Å². The number of benzene rings is 1. The number of hydrogen-bond acceptors (Lipinski definition) is 8. The lowest BCUT2D eigenvalue weighted by Gasteiger charge is -2.10. The summed E-state index contributed by atoms with van der Waals surface area (Å²) < 4.78 is 10.1. The number of rotatable bonds is 8. The monoisotopic (exact) mass is 333 g/mol. The highest BCUT2D eigenvalue weighted by atomic mass is 32.2. The molecule has 0 fully saturated rings. The maximum absolute atomic E-state index is 12.6. The van der Waals surface area contributed by atoms with Crippen LogP contribution in [0.5, 0.6) is 5.75 Å². The molecule has 0 aliphatic heterocycles. The van der Waals surface area contributed by atoms with E-state index in [2.05, 4.69) is 15.1 Å². The van der Waals surface area contributed by atoms with Gasteiger partial charge < -0.3 is 9.47 Å². The smallest absolute Gasteiger partial charge is 0.197 e. The zero-order chi connectivity index (χ0) is 16.7. The number of thioether (sulfide) groups is 1. The Kier molecular flexibility index (Phi) is 6.19. The minimum Gasteiger partial charge on any atom is -0.468 e. The fourth-order valence-corrected chi connectivity index (χ4v) is 2.23. The summed E-state index contributed by atoms with van der Waals surface area (Å²) in [5, 5.41) is 3.41. The van der Waals surface area contributed by atoms with Crippen LogP contribution in [-0.4, -0.2) is 35.9 Å². The fourth-order valence-electron chi connectivity index (χ4n) is 1.86. The average molecular weight is 333 g/mol. The Morgan fingerprint density at radius 2 is 2.22 bits per heavy atom. The molecule has 0 spiro atoms. The molecule has 0 aliphatic rings. The van der Waals surface area contributed by atoms with Crippen LogP contribution in [0.2, 0.25) is 0 Å². The van der Waals surface area contributed by atoms with Crippen LogP contribution in [0.1, 0.15) is 22.1 Å². The van der Waals surface area contributed by atoms with Crippen molar-refractivity contribution >= 4 is 17.5 Å². The summed E-state index contributed by atoms with van der Waals surface area (Å²) >= 11 is 1.32. The fraction of sp³-hybridized carbons (Fsp3) is 0.267. The number of ketones is 1. The van der Waals surface area contributed by atoms with Gasteiger partial charge in [-0.25, -0.2) is 9.97 Å². The van der Waals surface area contributed by atoms with Gasteiger partial charge in [0.1, 0.15) is 5.75 Å². The predicted molar refractivity (Wildman–Crippen MR) is 85.6 cm³/mol. The number of nitroso groups, excluding NO2 is 1. The minimum absolute atomic E-state index is 0.0655. The number of aromatic nitrogens is 2. The van der Waals surface area contributed by atoms with Gasteiger partial charge in [-0.1, -0.05) is 29.1 Å². The first-order chi connectivity index (χ1) is 11.2. The zero-order valence-corrected chi connectivity index (χ0v) is 13.4. The molecule has 7 nitrogen and oxygen atoms in total. The van der Waals surface area contributed by atoms with Crippen LogP contribution in [0.15, 0.2) is 46.9 Å². The van der Waals surface area contributed by atoms with Crippen molar-refractivity contribution < 1.29 is 14.3 Å². The number of nitrogens with zero attached hydrogens (tertiary/aromatic N) is 3. The Bertz CT molecular complexity index is 696. The molecule has 2 aromatic rings. The predicted octanol–water partition coefficient (Wildman–Crippen LogP) is 2.87. The minimum atomic E-state index is -1.22. The van der Waals surface area contributed by atoms with Crippen molar-refractivity contribution in [1.29, 1.82) is 0 Å². The van der Waals surface area contributed by atoms with Crippen molar-refractivity contribution in [3.63, 3.8) is 0 Å². The molecule has 23 heavy (non-hydrogen) atoms. The van der Waals surface area contributed by atoms with E-state index in [1.54, 1.807) is 24.5 Å². The van der Waals surface area contributed by atoms with Gasteiger partial charge in [-0.3, -0.25) is 4.79 Å². The van der Waals surface area contributed by atoms with Crippen molar-refractivity contribution in [2.75, 3.05) is 20.2 Å². The highest BCUT2D eigenvalue weighted by Crippen LogP contribution is 2.24. The van der Waals surface area contributed by atoms with E-state index in [-0.39, 0.29) is 12.5 Å². The lowest BCUT2D eigenvalue weighted by atomic mass is 10.0. The Balaban J connectivity index is 2.27. The lowest BCUT2D eigenvalue weighted by Crippen LogP contribution is -2.13. The van der Waals surface area contributed by atoms with Gasteiger partial charge in [-0.15, -0.1) is 4.91 Å². The summed E-state index contributed by atoms with van der Waals surface area (Å²) in [6.45, 7) is 0.0655. The third-order valence-corrected chi connectivity index (χ3v) is 3.50. The van der Waals surface area contributed by atoms with E-state index in [4.69, 9.17) is 9.47 Å². The number of carbonyl (C=O) groups is 1. The molecule has 0 bridgehead atoms. The molecule has 2 rings (SSSR count). The Morgan fingerprint density at radius 3 is 2.91 bits per heavy atom. The van der Waals surface area contributed by atoms with Gasteiger partial charge in [0.25, 0.3) is 0 Å². The maximum atomic E-state index is 12.6. The molecule has 120 valence electrons. The number of ether oxygens (including phenoxy) is 2. The lowest BCUT2D eigenvalue weighted by molar-refractivity contribution is 0.0510. The Hall–Kier alpha value is -2.32.